The topological polar surface area (TPSA) is 66.8 Å². The summed E-state index contributed by atoms with van der Waals surface area (Å²) in [6.45, 7) is 1.12. The van der Waals surface area contributed by atoms with Gasteiger partial charge in [0.05, 0.1) is 0 Å². The van der Waals surface area contributed by atoms with Gasteiger partial charge in [-0.3, -0.25) is 4.79 Å². The standard InChI is InChI=1S/C14H19NO4S/c1-15(13(16)4-3-7-19-2)9-11-8-12(20-10-11)5-6-14(17)18/h5-6,8,10H,3-4,7,9H2,1-2H3,(H,17,18)/b6-5+. The van der Waals surface area contributed by atoms with Crippen molar-refractivity contribution in [3.8, 4) is 0 Å². The molecule has 1 N–H and O–H groups in total. The van der Waals surface area contributed by atoms with E-state index in [9.17, 15) is 9.59 Å². The average Bonchev–Trinajstić information content (AvgIpc) is 2.84. The fraction of sp³-hybridized carbons (Fsp3) is 0.429. The van der Waals surface area contributed by atoms with Gasteiger partial charge in [-0.25, -0.2) is 4.79 Å². The molecule has 1 rings (SSSR count). The first kappa shape index (κ1) is 16.4. The second-order valence-electron chi connectivity index (χ2n) is 4.38. The number of ether oxygens (including phenoxy) is 1. The smallest absolute Gasteiger partial charge is 0.328 e. The van der Waals surface area contributed by atoms with Crippen LogP contribution in [0.25, 0.3) is 6.08 Å². The second kappa shape index (κ2) is 8.50. The molecule has 1 heterocycles. The van der Waals surface area contributed by atoms with Crippen molar-refractivity contribution in [1.29, 1.82) is 0 Å². The number of aliphatic carboxylic acids is 1. The highest BCUT2D eigenvalue weighted by molar-refractivity contribution is 7.11. The van der Waals surface area contributed by atoms with Gasteiger partial charge in [0, 0.05) is 44.7 Å². The molecule has 0 atom stereocenters. The van der Waals surface area contributed by atoms with Crippen LogP contribution in [0.15, 0.2) is 17.5 Å². The molecule has 0 bridgehead atoms. The lowest BCUT2D eigenvalue weighted by Crippen LogP contribution is -2.25. The molecule has 0 aliphatic rings. The van der Waals surface area contributed by atoms with Gasteiger partial charge in [0.15, 0.2) is 0 Å². The molecule has 0 radical (unpaired) electrons. The number of hydrogen-bond acceptors (Lipinski definition) is 4. The average molecular weight is 297 g/mol. The minimum absolute atomic E-state index is 0.0795. The van der Waals surface area contributed by atoms with E-state index < -0.39 is 5.97 Å². The predicted molar refractivity (Wildman–Crippen MR) is 78.6 cm³/mol. The summed E-state index contributed by atoms with van der Waals surface area (Å²) in [6.07, 6.45) is 3.85. The Morgan fingerprint density at radius 1 is 1.50 bits per heavy atom. The summed E-state index contributed by atoms with van der Waals surface area (Å²) >= 11 is 1.46. The summed E-state index contributed by atoms with van der Waals surface area (Å²) in [5, 5.41) is 10.5. The van der Waals surface area contributed by atoms with Crippen LogP contribution in [0.1, 0.15) is 23.3 Å². The van der Waals surface area contributed by atoms with Crippen LogP contribution in [0.4, 0.5) is 0 Å². The van der Waals surface area contributed by atoms with Crippen LogP contribution in [-0.2, 0) is 20.9 Å². The van der Waals surface area contributed by atoms with Crippen molar-refractivity contribution < 1.29 is 19.4 Å². The van der Waals surface area contributed by atoms with E-state index in [1.807, 2.05) is 11.4 Å². The normalized spacial score (nSPS) is 10.9. The second-order valence-corrected chi connectivity index (χ2v) is 5.32. The van der Waals surface area contributed by atoms with Gasteiger partial charge in [-0.15, -0.1) is 11.3 Å². The number of carbonyl (C=O) groups excluding carboxylic acids is 1. The molecule has 0 spiro atoms. The maximum atomic E-state index is 11.8. The van der Waals surface area contributed by atoms with Crippen molar-refractivity contribution in [3.05, 3.63) is 28.0 Å². The zero-order valence-electron chi connectivity index (χ0n) is 11.7. The minimum atomic E-state index is -0.967. The first-order valence-electron chi connectivity index (χ1n) is 6.24. The van der Waals surface area contributed by atoms with Gasteiger partial charge >= 0.3 is 5.97 Å². The molecule has 0 saturated carbocycles. The maximum Gasteiger partial charge on any atom is 0.328 e. The Kier molecular flexibility index (Phi) is 6.97. The quantitative estimate of drug-likeness (QED) is 0.590. The molecule has 1 aromatic heterocycles. The number of carboxylic acid groups (broad SMARTS) is 1. The highest BCUT2D eigenvalue weighted by Crippen LogP contribution is 2.18. The number of carbonyl (C=O) groups is 2. The molecule has 0 aliphatic carbocycles. The Balaban J connectivity index is 2.47. The van der Waals surface area contributed by atoms with Crippen molar-refractivity contribution in [2.75, 3.05) is 20.8 Å². The summed E-state index contributed by atoms with van der Waals surface area (Å²) in [5.41, 5.74) is 1.00. The highest BCUT2D eigenvalue weighted by atomic mass is 32.1. The van der Waals surface area contributed by atoms with Crippen LogP contribution in [0.2, 0.25) is 0 Å². The Morgan fingerprint density at radius 2 is 2.25 bits per heavy atom. The van der Waals surface area contributed by atoms with Crippen molar-refractivity contribution in [3.63, 3.8) is 0 Å². The Labute approximate surface area is 122 Å². The Morgan fingerprint density at radius 3 is 2.90 bits per heavy atom. The number of carboxylic acids is 1. The Hall–Kier alpha value is -1.66. The predicted octanol–water partition coefficient (Wildman–Crippen LogP) is 2.23. The van der Waals surface area contributed by atoms with Gasteiger partial charge in [0.25, 0.3) is 0 Å². The van der Waals surface area contributed by atoms with E-state index in [4.69, 9.17) is 9.84 Å². The number of hydrogen-bond donors (Lipinski definition) is 1. The molecule has 20 heavy (non-hydrogen) atoms. The van der Waals surface area contributed by atoms with E-state index in [-0.39, 0.29) is 5.91 Å². The first-order chi connectivity index (χ1) is 9.52. The zero-order valence-corrected chi connectivity index (χ0v) is 12.5. The SMILES string of the molecule is COCCCC(=O)N(C)Cc1csc(/C=C/C(=O)O)c1. The van der Waals surface area contributed by atoms with Gasteiger partial charge < -0.3 is 14.7 Å². The monoisotopic (exact) mass is 297 g/mol. The molecule has 0 saturated heterocycles. The summed E-state index contributed by atoms with van der Waals surface area (Å²) in [5.74, 6) is -0.888. The number of rotatable bonds is 8. The lowest BCUT2D eigenvalue weighted by atomic mass is 10.2. The molecule has 1 aromatic rings. The lowest BCUT2D eigenvalue weighted by Gasteiger charge is -2.16. The maximum absolute atomic E-state index is 11.8. The van der Waals surface area contributed by atoms with Crippen molar-refractivity contribution in [2.24, 2.45) is 0 Å². The minimum Gasteiger partial charge on any atom is -0.478 e. The third-order valence-corrected chi connectivity index (χ3v) is 3.60. The summed E-state index contributed by atoms with van der Waals surface area (Å²) in [7, 11) is 3.38. The van der Waals surface area contributed by atoms with Gasteiger partial charge in [0.2, 0.25) is 5.91 Å². The van der Waals surface area contributed by atoms with Crippen LogP contribution < -0.4 is 0 Å². The van der Waals surface area contributed by atoms with Crippen LogP contribution in [0.3, 0.4) is 0 Å². The van der Waals surface area contributed by atoms with Crippen LogP contribution >= 0.6 is 11.3 Å². The summed E-state index contributed by atoms with van der Waals surface area (Å²) in [4.78, 5) is 24.8. The number of thiophene rings is 1. The number of methoxy groups -OCH3 is 1. The van der Waals surface area contributed by atoms with Gasteiger partial charge in [-0.1, -0.05) is 0 Å². The largest absolute Gasteiger partial charge is 0.478 e. The van der Waals surface area contributed by atoms with E-state index in [2.05, 4.69) is 0 Å². The third-order valence-electron chi connectivity index (χ3n) is 2.65. The molecule has 0 aromatic carbocycles. The molecular weight excluding hydrogens is 278 g/mol. The Bertz CT molecular complexity index is 481. The van der Waals surface area contributed by atoms with E-state index in [1.54, 1.807) is 25.1 Å². The molecule has 0 aliphatic heterocycles. The molecule has 1 amide bonds. The summed E-state index contributed by atoms with van der Waals surface area (Å²) in [6, 6.07) is 1.89. The van der Waals surface area contributed by atoms with E-state index in [0.29, 0.717) is 19.6 Å². The third kappa shape index (κ3) is 5.99. The molecular formula is C14H19NO4S. The van der Waals surface area contributed by atoms with Crippen molar-refractivity contribution in [1.82, 2.24) is 4.90 Å². The molecule has 0 unspecified atom stereocenters. The molecule has 0 fully saturated rings. The van der Waals surface area contributed by atoms with Crippen LogP contribution in [0.5, 0.6) is 0 Å². The zero-order chi connectivity index (χ0) is 15.0. The fourth-order valence-electron chi connectivity index (χ4n) is 1.64. The molecule has 5 nitrogen and oxygen atoms in total. The first-order valence-corrected chi connectivity index (χ1v) is 7.12. The molecule has 110 valence electrons. The lowest BCUT2D eigenvalue weighted by molar-refractivity contribution is -0.131. The van der Waals surface area contributed by atoms with Gasteiger partial charge in [0.1, 0.15) is 0 Å². The van der Waals surface area contributed by atoms with Gasteiger partial charge in [-0.2, -0.15) is 0 Å². The van der Waals surface area contributed by atoms with E-state index >= 15 is 0 Å². The van der Waals surface area contributed by atoms with E-state index in [1.165, 1.54) is 11.3 Å². The van der Waals surface area contributed by atoms with Crippen molar-refractivity contribution >= 4 is 29.3 Å². The van der Waals surface area contributed by atoms with Crippen molar-refractivity contribution in [2.45, 2.75) is 19.4 Å². The summed E-state index contributed by atoms with van der Waals surface area (Å²) < 4.78 is 4.92. The van der Waals surface area contributed by atoms with Crippen LogP contribution in [0, 0.1) is 0 Å². The van der Waals surface area contributed by atoms with Crippen LogP contribution in [-0.4, -0.2) is 42.6 Å². The van der Waals surface area contributed by atoms with E-state index in [0.717, 1.165) is 22.9 Å². The molecule has 6 heteroatoms. The van der Waals surface area contributed by atoms with Gasteiger partial charge in [-0.05, 0) is 29.5 Å². The fourth-order valence-corrected chi connectivity index (χ4v) is 2.43. The highest BCUT2D eigenvalue weighted by Gasteiger charge is 2.09. The number of nitrogens with zero attached hydrogens (tertiary/aromatic N) is 1. The number of amides is 1.